The second kappa shape index (κ2) is 35.8. The normalized spacial score (nSPS) is 14.8. The Morgan fingerprint density at radius 2 is 0.936 bits per heavy atom. The van der Waals surface area contributed by atoms with Crippen LogP contribution in [-0.4, -0.2) is 57.3 Å². The van der Waals surface area contributed by atoms with Crippen molar-refractivity contribution in [3.05, 3.63) is 36.5 Å². The summed E-state index contributed by atoms with van der Waals surface area (Å²) in [6, 6.07) is -1.00. The largest absolute Gasteiger partial charge is 0.394 e. The number of allylic oxidation sites excluding steroid dienone is 6. The van der Waals surface area contributed by atoms with Crippen LogP contribution in [0.25, 0.3) is 0 Å². The average molecular weight is 664 g/mol. The van der Waals surface area contributed by atoms with Crippen molar-refractivity contribution < 1.29 is 25.2 Å². The lowest BCUT2D eigenvalue weighted by Crippen LogP contribution is -2.53. The van der Waals surface area contributed by atoms with Gasteiger partial charge in [0.25, 0.3) is 0 Å². The summed E-state index contributed by atoms with van der Waals surface area (Å²) in [5.74, 6) is -0.604. The summed E-state index contributed by atoms with van der Waals surface area (Å²) >= 11 is 0. The molecular formula is C41H77NO5. The first-order valence-corrected chi connectivity index (χ1v) is 19.9. The highest BCUT2D eigenvalue weighted by Gasteiger charge is 2.28. The molecule has 0 aromatic rings. The van der Waals surface area contributed by atoms with Gasteiger partial charge < -0.3 is 25.7 Å². The number of amides is 1. The van der Waals surface area contributed by atoms with Crippen LogP contribution in [-0.2, 0) is 4.79 Å². The van der Waals surface area contributed by atoms with Crippen LogP contribution in [0.5, 0.6) is 0 Å². The molecule has 6 nitrogen and oxygen atoms in total. The number of hydrogen-bond acceptors (Lipinski definition) is 5. The van der Waals surface area contributed by atoms with E-state index in [1.54, 1.807) is 0 Å². The first-order chi connectivity index (χ1) is 23.0. The molecule has 0 aromatic carbocycles. The molecule has 0 saturated carbocycles. The zero-order chi connectivity index (χ0) is 34.6. The predicted molar refractivity (Wildman–Crippen MR) is 200 cm³/mol. The van der Waals surface area contributed by atoms with E-state index in [-0.39, 0.29) is 0 Å². The SMILES string of the molecule is CCCCC/C=C\C/C=C\CCCCCCCCC(O)C(=O)NC(CO)C(O)C(O)CCC/C=C/CCCCCCCCCCCC. The second-order valence-corrected chi connectivity index (χ2v) is 13.6. The van der Waals surface area contributed by atoms with Crippen LogP contribution in [0.2, 0.25) is 0 Å². The molecule has 0 saturated heterocycles. The molecule has 0 bridgehead atoms. The number of unbranched alkanes of at least 4 members (excludes halogenated alkanes) is 20. The van der Waals surface area contributed by atoms with Crippen LogP contribution in [0.15, 0.2) is 36.5 Å². The van der Waals surface area contributed by atoms with Gasteiger partial charge in [0, 0.05) is 0 Å². The van der Waals surface area contributed by atoms with Crippen LogP contribution < -0.4 is 5.32 Å². The van der Waals surface area contributed by atoms with Gasteiger partial charge in [-0.2, -0.15) is 0 Å². The first-order valence-electron chi connectivity index (χ1n) is 19.9. The molecule has 0 spiro atoms. The zero-order valence-corrected chi connectivity index (χ0v) is 30.8. The smallest absolute Gasteiger partial charge is 0.249 e. The summed E-state index contributed by atoms with van der Waals surface area (Å²) in [4.78, 5) is 12.5. The summed E-state index contributed by atoms with van der Waals surface area (Å²) in [5.41, 5.74) is 0. The fraction of sp³-hybridized carbons (Fsp3) is 0.829. The minimum Gasteiger partial charge on any atom is -0.394 e. The molecule has 5 N–H and O–H groups in total. The third-order valence-electron chi connectivity index (χ3n) is 9.07. The lowest BCUT2D eigenvalue weighted by atomic mass is 10.00. The number of carbonyl (C=O) groups excluding carboxylic acids is 1. The van der Waals surface area contributed by atoms with Gasteiger partial charge in [0.1, 0.15) is 12.2 Å². The van der Waals surface area contributed by atoms with E-state index in [2.05, 4.69) is 55.6 Å². The second-order valence-electron chi connectivity index (χ2n) is 13.6. The summed E-state index contributed by atoms with van der Waals surface area (Å²) in [6.45, 7) is 3.99. The molecular weight excluding hydrogens is 586 g/mol. The molecule has 4 atom stereocenters. The number of aliphatic hydroxyl groups excluding tert-OH is 4. The van der Waals surface area contributed by atoms with Gasteiger partial charge >= 0.3 is 0 Å². The van der Waals surface area contributed by atoms with E-state index in [1.165, 1.54) is 103 Å². The van der Waals surface area contributed by atoms with Crippen molar-refractivity contribution >= 4 is 5.91 Å². The lowest BCUT2D eigenvalue weighted by Gasteiger charge is -2.27. The Kier molecular flexibility index (Phi) is 34.7. The van der Waals surface area contributed by atoms with E-state index in [1.807, 2.05) is 0 Å². The molecule has 1 amide bonds. The van der Waals surface area contributed by atoms with Gasteiger partial charge in [-0.25, -0.2) is 0 Å². The fourth-order valence-corrected chi connectivity index (χ4v) is 5.84. The van der Waals surface area contributed by atoms with E-state index in [0.717, 1.165) is 57.8 Å². The molecule has 0 radical (unpaired) electrons. The number of aliphatic hydroxyl groups is 4. The molecule has 0 heterocycles. The topological polar surface area (TPSA) is 110 Å². The van der Waals surface area contributed by atoms with Crippen molar-refractivity contribution in [1.82, 2.24) is 5.32 Å². The zero-order valence-electron chi connectivity index (χ0n) is 30.8. The Labute approximate surface area is 290 Å². The van der Waals surface area contributed by atoms with Crippen LogP contribution >= 0.6 is 0 Å². The Bertz CT molecular complexity index is 752. The van der Waals surface area contributed by atoms with Gasteiger partial charge in [-0.1, -0.05) is 153 Å². The van der Waals surface area contributed by atoms with E-state index in [9.17, 15) is 25.2 Å². The van der Waals surface area contributed by atoms with E-state index in [4.69, 9.17) is 0 Å². The van der Waals surface area contributed by atoms with Crippen LogP contribution in [0.1, 0.15) is 187 Å². The Morgan fingerprint density at radius 3 is 1.45 bits per heavy atom. The quantitative estimate of drug-likeness (QED) is 0.0343. The van der Waals surface area contributed by atoms with Crippen molar-refractivity contribution in [2.75, 3.05) is 6.61 Å². The number of rotatable bonds is 35. The average Bonchev–Trinajstić information content (AvgIpc) is 3.07. The highest BCUT2D eigenvalue weighted by molar-refractivity contribution is 5.80. The van der Waals surface area contributed by atoms with Gasteiger partial charge in [0.2, 0.25) is 5.91 Å². The molecule has 6 heteroatoms. The van der Waals surface area contributed by atoms with Crippen molar-refractivity contribution in [3.63, 3.8) is 0 Å². The van der Waals surface area contributed by atoms with E-state index in [0.29, 0.717) is 12.8 Å². The van der Waals surface area contributed by atoms with Gasteiger partial charge in [-0.3, -0.25) is 4.79 Å². The molecule has 0 rings (SSSR count). The maximum atomic E-state index is 12.5. The minimum atomic E-state index is -1.28. The molecule has 0 aliphatic carbocycles. The van der Waals surface area contributed by atoms with Crippen molar-refractivity contribution in [2.45, 2.75) is 212 Å². The van der Waals surface area contributed by atoms with Crippen molar-refractivity contribution in [2.24, 2.45) is 0 Å². The Balaban J connectivity index is 3.86. The highest BCUT2D eigenvalue weighted by atomic mass is 16.3. The van der Waals surface area contributed by atoms with E-state index >= 15 is 0 Å². The first kappa shape index (κ1) is 45.5. The molecule has 0 aliphatic heterocycles. The van der Waals surface area contributed by atoms with Gasteiger partial charge in [-0.05, 0) is 70.6 Å². The van der Waals surface area contributed by atoms with Gasteiger partial charge in [0.05, 0.1) is 18.8 Å². The Hall–Kier alpha value is -1.47. The van der Waals surface area contributed by atoms with Gasteiger partial charge in [-0.15, -0.1) is 0 Å². The monoisotopic (exact) mass is 664 g/mol. The van der Waals surface area contributed by atoms with E-state index < -0.39 is 36.9 Å². The number of nitrogens with one attached hydrogen (secondary N) is 1. The molecule has 0 aliphatic rings. The van der Waals surface area contributed by atoms with Gasteiger partial charge in [0.15, 0.2) is 0 Å². The molecule has 276 valence electrons. The molecule has 0 fully saturated rings. The molecule has 47 heavy (non-hydrogen) atoms. The van der Waals surface area contributed by atoms with Crippen LogP contribution in [0.4, 0.5) is 0 Å². The third kappa shape index (κ3) is 30.3. The Morgan fingerprint density at radius 1 is 0.532 bits per heavy atom. The predicted octanol–water partition coefficient (Wildman–Crippen LogP) is 9.79. The highest BCUT2D eigenvalue weighted by Crippen LogP contribution is 2.14. The van der Waals surface area contributed by atoms with Crippen molar-refractivity contribution in [1.29, 1.82) is 0 Å². The maximum absolute atomic E-state index is 12.5. The van der Waals surface area contributed by atoms with Crippen molar-refractivity contribution in [3.8, 4) is 0 Å². The summed E-state index contributed by atoms with van der Waals surface area (Å²) in [6.07, 6.45) is 40.2. The fourth-order valence-electron chi connectivity index (χ4n) is 5.84. The summed E-state index contributed by atoms with van der Waals surface area (Å²) in [7, 11) is 0. The van der Waals surface area contributed by atoms with Crippen LogP contribution in [0, 0.1) is 0 Å². The standard InChI is InChI=1S/C41H77NO5/c1-3-5-7-9-11-13-15-17-19-21-23-25-27-29-31-33-35-39(45)41(47)42-37(36-43)40(46)38(44)34-32-30-28-26-24-22-20-18-16-14-12-10-8-6-4-2/h11,13,17,19,26,28,37-40,43-46H,3-10,12,14-16,18,20-25,27,29-36H2,1-2H3,(H,42,47)/b13-11-,19-17-,28-26+. The molecule has 0 aromatic heterocycles. The minimum absolute atomic E-state index is 0.350. The lowest BCUT2D eigenvalue weighted by molar-refractivity contribution is -0.132. The van der Waals surface area contributed by atoms with Crippen LogP contribution in [0.3, 0.4) is 0 Å². The number of carbonyl (C=O) groups is 1. The molecule has 4 unspecified atom stereocenters. The summed E-state index contributed by atoms with van der Waals surface area (Å²) < 4.78 is 0. The third-order valence-corrected chi connectivity index (χ3v) is 9.07. The number of hydrogen-bond donors (Lipinski definition) is 5. The maximum Gasteiger partial charge on any atom is 0.249 e. The summed E-state index contributed by atoms with van der Waals surface area (Å²) in [5, 5.41) is 43.5.